The Morgan fingerprint density at radius 3 is 2.16 bits per heavy atom. The number of hydrogen-bond donors (Lipinski definition) is 1. The van der Waals surface area contributed by atoms with Gasteiger partial charge in [-0.2, -0.15) is 5.10 Å². The molecule has 0 bridgehead atoms. The smallest absolute Gasteiger partial charge is 0.236 e. The highest BCUT2D eigenvalue weighted by Crippen LogP contribution is 2.26. The van der Waals surface area contributed by atoms with Gasteiger partial charge in [0.2, 0.25) is 5.91 Å². The van der Waals surface area contributed by atoms with Crippen molar-refractivity contribution in [3.8, 4) is 0 Å². The van der Waals surface area contributed by atoms with E-state index in [2.05, 4.69) is 10.4 Å². The molecule has 4 aromatic rings. The Kier molecular flexibility index (Phi) is 4.01. The average Bonchev–Trinajstić information content (AvgIpc) is 3.11. The summed E-state index contributed by atoms with van der Waals surface area (Å²) in [6.07, 6.45) is 3.57. The molecular weight excluding hydrogens is 310 g/mol. The first-order chi connectivity index (χ1) is 12.3. The molecule has 0 radical (unpaired) electrons. The topological polar surface area (TPSA) is 46.4 Å². The minimum absolute atomic E-state index is 0.0544. The molecule has 0 aliphatic rings. The van der Waals surface area contributed by atoms with Gasteiger partial charge in [-0.25, -0.2) is 4.52 Å². The van der Waals surface area contributed by atoms with E-state index in [1.807, 2.05) is 85.1 Å². The van der Waals surface area contributed by atoms with Crippen molar-refractivity contribution in [1.82, 2.24) is 9.61 Å². The summed E-state index contributed by atoms with van der Waals surface area (Å²) in [5.41, 5.74) is 3.64. The molecule has 0 saturated carbocycles. The maximum absolute atomic E-state index is 13.1. The van der Waals surface area contributed by atoms with E-state index in [1.54, 1.807) is 10.7 Å². The maximum Gasteiger partial charge on any atom is 0.236 e. The zero-order valence-corrected chi connectivity index (χ0v) is 13.5. The quantitative estimate of drug-likeness (QED) is 0.613. The number of pyridine rings is 1. The average molecular weight is 327 g/mol. The van der Waals surface area contributed by atoms with Crippen LogP contribution in [0.5, 0.6) is 0 Å². The molecule has 0 unspecified atom stereocenters. The molecular formula is C21H17N3O. The van der Waals surface area contributed by atoms with Crippen LogP contribution in [0.1, 0.15) is 17.0 Å². The SMILES string of the molecule is O=C(Nc1ccn2nccc2c1)C(c1ccccc1)c1ccccc1. The molecule has 25 heavy (non-hydrogen) atoms. The van der Waals surface area contributed by atoms with E-state index >= 15 is 0 Å². The first kappa shape index (κ1) is 15.1. The zero-order chi connectivity index (χ0) is 17.1. The summed E-state index contributed by atoms with van der Waals surface area (Å²) in [6, 6.07) is 25.3. The summed E-state index contributed by atoms with van der Waals surface area (Å²) in [6.45, 7) is 0. The summed E-state index contributed by atoms with van der Waals surface area (Å²) in [7, 11) is 0. The van der Waals surface area contributed by atoms with Crippen LogP contribution in [0.3, 0.4) is 0 Å². The molecule has 0 atom stereocenters. The third kappa shape index (κ3) is 3.15. The number of fused-ring (bicyclic) bond motifs is 1. The van der Waals surface area contributed by atoms with E-state index in [-0.39, 0.29) is 11.8 Å². The highest BCUT2D eigenvalue weighted by atomic mass is 16.1. The third-order valence-electron chi connectivity index (χ3n) is 4.20. The van der Waals surface area contributed by atoms with Crippen molar-refractivity contribution in [2.75, 3.05) is 5.32 Å². The second-order valence-corrected chi connectivity index (χ2v) is 5.86. The Morgan fingerprint density at radius 2 is 1.52 bits per heavy atom. The molecule has 1 amide bonds. The van der Waals surface area contributed by atoms with E-state index in [1.165, 1.54) is 0 Å². The number of nitrogens with zero attached hydrogens (tertiary/aromatic N) is 2. The fourth-order valence-electron chi connectivity index (χ4n) is 3.00. The van der Waals surface area contributed by atoms with Gasteiger partial charge >= 0.3 is 0 Å². The van der Waals surface area contributed by atoms with Crippen molar-refractivity contribution in [3.05, 3.63) is 102 Å². The maximum atomic E-state index is 13.1. The van der Waals surface area contributed by atoms with E-state index in [0.717, 1.165) is 22.3 Å². The Balaban J connectivity index is 1.68. The molecule has 4 heteroatoms. The number of amides is 1. The summed E-state index contributed by atoms with van der Waals surface area (Å²) >= 11 is 0. The predicted molar refractivity (Wildman–Crippen MR) is 98.5 cm³/mol. The monoisotopic (exact) mass is 327 g/mol. The molecule has 4 rings (SSSR count). The lowest BCUT2D eigenvalue weighted by Crippen LogP contribution is -2.22. The molecule has 2 aromatic heterocycles. The largest absolute Gasteiger partial charge is 0.325 e. The van der Waals surface area contributed by atoms with Gasteiger partial charge in [-0.1, -0.05) is 60.7 Å². The number of carbonyl (C=O) groups excluding carboxylic acids is 1. The predicted octanol–water partition coefficient (Wildman–Crippen LogP) is 4.10. The van der Waals surface area contributed by atoms with Crippen LogP contribution in [0.4, 0.5) is 5.69 Å². The minimum Gasteiger partial charge on any atom is -0.325 e. The van der Waals surface area contributed by atoms with Gasteiger partial charge in [-0.05, 0) is 29.3 Å². The Morgan fingerprint density at radius 1 is 0.880 bits per heavy atom. The number of aromatic nitrogens is 2. The van der Waals surface area contributed by atoms with E-state index in [9.17, 15) is 4.79 Å². The minimum atomic E-state index is -0.358. The number of nitrogens with one attached hydrogen (secondary N) is 1. The third-order valence-corrected chi connectivity index (χ3v) is 4.20. The molecule has 122 valence electrons. The molecule has 0 aliphatic carbocycles. The van der Waals surface area contributed by atoms with E-state index in [4.69, 9.17) is 0 Å². The Bertz CT molecular complexity index is 954. The molecule has 2 heterocycles. The summed E-state index contributed by atoms with van der Waals surface area (Å²) in [4.78, 5) is 13.1. The van der Waals surface area contributed by atoms with Crippen molar-refractivity contribution < 1.29 is 4.79 Å². The first-order valence-corrected chi connectivity index (χ1v) is 8.15. The lowest BCUT2D eigenvalue weighted by atomic mass is 9.90. The molecule has 0 fully saturated rings. The second kappa shape index (κ2) is 6.61. The normalized spacial score (nSPS) is 10.9. The van der Waals surface area contributed by atoms with Gasteiger partial charge in [-0.3, -0.25) is 4.79 Å². The second-order valence-electron chi connectivity index (χ2n) is 5.86. The van der Waals surface area contributed by atoms with Crippen molar-refractivity contribution in [3.63, 3.8) is 0 Å². The van der Waals surface area contributed by atoms with E-state index < -0.39 is 0 Å². The van der Waals surface area contributed by atoms with Gasteiger partial charge in [0, 0.05) is 18.1 Å². The van der Waals surface area contributed by atoms with Crippen molar-refractivity contribution >= 4 is 17.1 Å². The van der Waals surface area contributed by atoms with Crippen LogP contribution in [0, 0.1) is 0 Å². The number of hydrogen-bond acceptors (Lipinski definition) is 2. The highest BCUT2D eigenvalue weighted by molar-refractivity contribution is 5.98. The molecule has 4 nitrogen and oxygen atoms in total. The fourth-order valence-corrected chi connectivity index (χ4v) is 3.00. The van der Waals surface area contributed by atoms with Crippen LogP contribution in [0.15, 0.2) is 91.3 Å². The number of benzene rings is 2. The number of anilines is 1. The van der Waals surface area contributed by atoms with E-state index in [0.29, 0.717) is 0 Å². The van der Waals surface area contributed by atoms with Crippen molar-refractivity contribution in [1.29, 1.82) is 0 Å². The zero-order valence-electron chi connectivity index (χ0n) is 13.5. The first-order valence-electron chi connectivity index (χ1n) is 8.15. The van der Waals surface area contributed by atoms with Gasteiger partial charge in [0.25, 0.3) is 0 Å². The van der Waals surface area contributed by atoms with Gasteiger partial charge in [0.1, 0.15) is 0 Å². The number of carbonyl (C=O) groups is 1. The Hall–Kier alpha value is -3.40. The number of rotatable bonds is 4. The van der Waals surface area contributed by atoms with Crippen LogP contribution < -0.4 is 5.32 Å². The highest BCUT2D eigenvalue weighted by Gasteiger charge is 2.22. The van der Waals surface area contributed by atoms with Gasteiger partial charge in [-0.15, -0.1) is 0 Å². The lowest BCUT2D eigenvalue weighted by molar-refractivity contribution is -0.116. The van der Waals surface area contributed by atoms with Gasteiger partial charge in [0.15, 0.2) is 0 Å². The molecule has 0 spiro atoms. The molecule has 2 aromatic carbocycles. The lowest BCUT2D eigenvalue weighted by Gasteiger charge is -2.18. The van der Waals surface area contributed by atoms with Crippen molar-refractivity contribution in [2.45, 2.75) is 5.92 Å². The molecule has 0 saturated heterocycles. The summed E-state index contributed by atoms with van der Waals surface area (Å²) in [5, 5.41) is 7.21. The molecule has 1 N–H and O–H groups in total. The Labute approximate surface area is 145 Å². The van der Waals surface area contributed by atoms with Gasteiger partial charge < -0.3 is 5.32 Å². The van der Waals surface area contributed by atoms with Crippen LogP contribution in [-0.2, 0) is 4.79 Å². The fraction of sp³-hybridized carbons (Fsp3) is 0.0476. The van der Waals surface area contributed by atoms with Crippen LogP contribution in [0.25, 0.3) is 5.52 Å². The standard InChI is InChI=1S/C21H17N3O/c25-21(23-18-12-14-24-19(15-18)11-13-22-24)20(16-7-3-1-4-8-16)17-9-5-2-6-10-17/h1-15,20H,(H,23,25). The van der Waals surface area contributed by atoms with Crippen molar-refractivity contribution in [2.24, 2.45) is 0 Å². The van der Waals surface area contributed by atoms with Gasteiger partial charge in [0.05, 0.1) is 11.4 Å². The van der Waals surface area contributed by atoms with Crippen LogP contribution in [0.2, 0.25) is 0 Å². The van der Waals surface area contributed by atoms with Crippen LogP contribution in [-0.4, -0.2) is 15.5 Å². The molecule has 0 aliphatic heterocycles. The van der Waals surface area contributed by atoms with Crippen LogP contribution >= 0.6 is 0 Å². The summed E-state index contributed by atoms with van der Waals surface area (Å²) < 4.78 is 1.77. The summed E-state index contributed by atoms with van der Waals surface area (Å²) in [5.74, 6) is -0.412.